The molecule has 1 atom stereocenters. The van der Waals surface area contributed by atoms with Crippen LogP contribution in [0.5, 0.6) is 0 Å². The first-order chi connectivity index (χ1) is 7.54. The van der Waals surface area contributed by atoms with Gasteiger partial charge >= 0.3 is 5.97 Å². The van der Waals surface area contributed by atoms with E-state index in [4.69, 9.17) is 5.73 Å². The summed E-state index contributed by atoms with van der Waals surface area (Å²) in [7, 11) is 1.38. The molecule has 3 nitrogen and oxygen atoms in total. The van der Waals surface area contributed by atoms with Crippen LogP contribution >= 0.6 is 0 Å². The van der Waals surface area contributed by atoms with Gasteiger partial charge < -0.3 is 10.5 Å². The third-order valence-electron chi connectivity index (χ3n) is 2.49. The zero-order valence-corrected chi connectivity index (χ0v) is 10.1. The maximum Gasteiger partial charge on any atom is 0.337 e. The van der Waals surface area contributed by atoms with Crippen molar-refractivity contribution in [3.8, 4) is 0 Å². The molecule has 0 aliphatic rings. The predicted octanol–water partition coefficient (Wildman–Crippen LogP) is 2.52. The summed E-state index contributed by atoms with van der Waals surface area (Å²) in [6.45, 7) is 4.28. The molecule has 0 bridgehead atoms. The Morgan fingerprint density at radius 1 is 1.31 bits per heavy atom. The number of esters is 1. The minimum atomic E-state index is -0.316. The van der Waals surface area contributed by atoms with E-state index < -0.39 is 0 Å². The van der Waals surface area contributed by atoms with E-state index in [0.29, 0.717) is 11.5 Å². The lowest BCUT2D eigenvalue weighted by atomic mass is 9.97. The van der Waals surface area contributed by atoms with Gasteiger partial charge in [-0.2, -0.15) is 0 Å². The van der Waals surface area contributed by atoms with Crippen molar-refractivity contribution in [2.75, 3.05) is 7.11 Å². The van der Waals surface area contributed by atoms with Crippen molar-refractivity contribution >= 4 is 5.97 Å². The normalized spacial score (nSPS) is 12.6. The van der Waals surface area contributed by atoms with Gasteiger partial charge in [-0.05, 0) is 30.0 Å². The quantitative estimate of drug-likeness (QED) is 0.795. The molecule has 1 aromatic rings. The number of hydrogen-bond acceptors (Lipinski definition) is 3. The standard InChI is InChI=1S/C13H19NO2/c1-9(2)8-12(14)10-4-6-11(7-5-10)13(15)16-3/h4-7,9,12H,8,14H2,1-3H3. The molecule has 0 heterocycles. The van der Waals surface area contributed by atoms with Crippen LogP contribution in [0.2, 0.25) is 0 Å². The van der Waals surface area contributed by atoms with E-state index in [-0.39, 0.29) is 12.0 Å². The molecule has 0 aliphatic carbocycles. The number of benzene rings is 1. The average Bonchev–Trinajstić information content (AvgIpc) is 2.27. The van der Waals surface area contributed by atoms with Crippen molar-refractivity contribution in [3.05, 3.63) is 35.4 Å². The molecule has 2 N–H and O–H groups in total. The van der Waals surface area contributed by atoms with Gasteiger partial charge in [-0.3, -0.25) is 0 Å². The fourth-order valence-corrected chi connectivity index (χ4v) is 1.63. The van der Waals surface area contributed by atoms with Gasteiger partial charge in [-0.15, -0.1) is 0 Å². The Balaban J connectivity index is 2.74. The summed E-state index contributed by atoms with van der Waals surface area (Å²) in [4.78, 5) is 11.2. The first-order valence-corrected chi connectivity index (χ1v) is 5.48. The van der Waals surface area contributed by atoms with Gasteiger partial charge in [-0.25, -0.2) is 4.79 Å². The van der Waals surface area contributed by atoms with E-state index in [1.165, 1.54) is 7.11 Å². The molecule has 16 heavy (non-hydrogen) atoms. The van der Waals surface area contributed by atoms with E-state index in [0.717, 1.165) is 12.0 Å². The smallest absolute Gasteiger partial charge is 0.337 e. The second kappa shape index (κ2) is 5.66. The first kappa shape index (κ1) is 12.7. The van der Waals surface area contributed by atoms with Crippen molar-refractivity contribution in [1.82, 2.24) is 0 Å². The molecule has 0 aromatic heterocycles. The molecule has 0 aliphatic heterocycles. The lowest BCUT2D eigenvalue weighted by Gasteiger charge is -2.14. The second-order valence-electron chi connectivity index (χ2n) is 4.35. The van der Waals surface area contributed by atoms with Crippen LogP contribution in [0.25, 0.3) is 0 Å². The highest BCUT2D eigenvalue weighted by molar-refractivity contribution is 5.89. The highest BCUT2D eigenvalue weighted by atomic mass is 16.5. The van der Waals surface area contributed by atoms with Crippen molar-refractivity contribution in [1.29, 1.82) is 0 Å². The van der Waals surface area contributed by atoms with Gasteiger partial charge in [0.2, 0.25) is 0 Å². The maximum absolute atomic E-state index is 11.2. The van der Waals surface area contributed by atoms with Gasteiger partial charge in [0.1, 0.15) is 0 Å². The zero-order valence-electron chi connectivity index (χ0n) is 10.1. The average molecular weight is 221 g/mol. The first-order valence-electron chi connectivity index (χ1n) is 5.48. The Morgan fingerprint density at radius 2 is 1.88 bits per heavy atom. The van der Waals surface area contributed by atoms with E-state index in [2.05, 4.69) is 18.6 Å². The van der Waals surface area contributed by atoms with Crippen LogP contribution in [0.1, 0.15) is 42.2 Å². The molecule has 0 radical (unpaired) electrons. The highest BCUT2D eigenvalue weighted by Gasteiger charge is 2.10. The Kier molecular flexibility index (Phi) is 4.50. The monoisotopic (exact) mass is 221 g/mol. The molecule has 0 fully saturated rings. The van der Waals surface area contributed by atoms with Gasteiger partial charge in [0.25, 0.3) is 0 Å². The molecule has 0 saturated heterocycles. The van der Waals surface area contributed by atoms with Crippen molar-refractivity contribution in [2.24, 2.45) is 11.7 Å². The lowest BCUT2D eigenvalue weighted by Crippen LogP contribution is -2.13. The van der Waals surface area contributed by atoms with Gasteiger partial charge in [0.05, 0.1) is 12.7 Å². The summed E-state index contributed by atoms with van der Waals surface area (Å²) in [5.41, 5.74) is 7.65. The maximum atomic E-state index is 11.2. The summed E-state index contributed by atoms with van der Waals surface area (Å²) < 4.78 is 4.63. The molecule has 0 spiro atoms. The topological polar surface area (TPSA) is 52.3 Å². The van der Waals surface area contributed by atoms with E-state index in [9.17, 15) is 4.79 Å². The van der Waals surface area contributed by atoms with Crippen LogP contribution in [0.15, 0.2) is 24.3 Å². The van der Waals surface area contributed by atoms with Crippen molar-refractivity contribution in [3.63, 3.8) is 0 Å². The fourth-order valence-electron chi connectivity index (χ4n) is 1.63. The van der Waals surface area contributed by atoms with Gasteiger partial charge in [-0.1, -0.05) is 26.0 Å². The van der Waals surface area contributed by atoms with E-state index in [1.807, 2.05) is 12.1 Å². The number of ether oxygens (including phenoxy) is 1. The lowest BCUT2D eigenvalue weighted by molar-refractivity contribution is 0.0600. The predicted molar refractivity (Wildman–Crippen MR) is 64.2 cm³/mol. The number of carbonyl (C=O) groups excluding carboxylic acids is 1. The number of carbonyl (C=O) groups is 1. The van der Waals surface area contributed by atoms with Crippen LogP contribution in [0, 0.1) is 5.92 Å². The molecule has 1 unspecified atom stereocenters. The Morgan fingerprint density at radius 3 is 2.31 bits per heavy atom. The molecule has 88 valence electrons. The molecule has 1 aromatic carbocycles. The van der Waals surface area contributed by atoms with Crippen LogP contribution < -0.4 is 5.73 Å². The summed E-state index contributed by atoms with van der Waals surface area (Å²) in [6.07, 6.45) is 0.942. The summed E-state index contributed by atoms with van der Waals surface area (Å²) >= 11 is 0. The molecule has 3 heteroatoms. The summed E-state index contributed by atoms with van der Waals surface area (Å²) in [5, 5.41) is 0. The van der Waals surface area contributed by atoms with Crippen LogP contribution in [-0.4, -0.2) is 13.1 Å². The summed E-state index contributed by atoms with van der Waals surface area (Å²) in [5.74, 6) is 0.249. The Bertz CT molecular complexity index is 343. The van der Waals surface area contributed by atoms with Crippen molar-refractivity contribution < 1.29 is 9.53 Å². The fraction of sp³-hybridized carbons (Fsp3) is 0.462. The minimum Gasteiger partial charge on any atom is -0.465 e. The number of hydrogen-bond donors (Lipinski definition) is 1. The van der Waals surface area contributed by atoms with Gasteiger partial charge in [0.15, 0.2) is 0 Å². The number of rotatable bonds is 4. The second-order valence-corrected chi connectivity index (χ2v) is 4.35. The van der Waals surface area contributed by atoms with E-state index >= 15 is 0 Å². The molecule has 1 rings (SSSR count). The van der Waals surface area contributed by atoms with Crippen LogP contribution in [0.4, 0.5) is 0 Å². The highest BCUT2D eigenvalue weighted by Crippen LogP contribution is 2.19. The van der Waals surface area contributed by atoms with E-state index in [1.54, 1.807) is 12.1 Å². The number of nitrogens with two attached hydrogens (primary N) is 1. The molecular formula is C13H19NO2. The van der Waals surface area contributed by atoms with Gasteiger partial charge in [0, 0.05) is 6.04 Å². The Labute approximate surface area is 96.6 Å². The third kappa shape index (κ3) is 3.35. The molecule has 0 amide bonds. The zero-order chi connectivity index (χ0) is 12.1. The SMILES string of the molecule is COC(=O)c1ccc(C(N)CC(C)C)cc1. The number of methoxy groups -OCH3 is 1. The molecule has 0 saturated carbocycles. The van der Waals surface area contributed by atoms with Crippen LogP contribution in [-0.2, 0) is 4.74 Å². The Hall–Kier alpha value is -1.35. The van der Waals surface area contributed by atoms with Crippen molar-refractivity contribution in [2.45, 2.75) is 26.3 Å². The third-order valence-corrected chi connectivity index (χ3v) is 2.49. The minimum absolute atomic E-state index is 0.0340. The summed E-state index contributed by atoms with van der Waals surface area (Å²) in [6, 6.07) is 7.31. The van der Waals surface area contributed by atoms with Crippen LogP contribution in [0.3, 0.4) is 0 Å². The molecular weight excluding hydrogens is 202 g/mol. The largest absolute Gasteiger partial charge is 0.465 e.